The molecule has 1 heterocycles. The molecule has 0 amide bonds. The smallest absolute Gasteiger partial charge is 0.191 e. The minimum atomic E-state index is -0.141. The number of piperidine rings is 1. The number of nitrogens with zero attached hydrogens (tertiary/aromatic N) is 2. The zero-order valence-corrected chi connectivity index (χ0v) is 13.2. The Morgan fingerprint density at radius 1 is 1.33 bits per heavy atom. The van der Waals surface area contributed by atoms with Gasteiger partial charge in [0.1, 0.15) is 0 Å². The molecule has 5 heteroatoms. The molecule has 1 aliphatic carbocycles. The summed E-state index contributed by atoms with van der Waals surface area (Å²) in [5, 5.41) is 16.7. The molecule has 2 rings (SSSR count). The van der Waals surface area contributed by atoms with Gasteiger partial charge in [0.25, 0.3) is 0 Å². The Labute approximate surface area is 128 Å². The molecule has 3 N–H and O–H groups in total. The van der Waals surface area contributed by atoms with Gasteiger partial charge in [-0.25, -0.2) is 0 Å². The summed E-state index contributed by atoms with van der Waals surface area (Å²) in [6.45, 7) is 7.82. The predicted molar refractivity (Wildman–Crippen MR) is 87.5 cm³/mol. The highest BCUT2D eigenvalue weighted by atomic mass is 16.3. The number of aliphatic hydroxyl groups is 1. The fourth-order valence-corrected chi connectivity index (χ4v) is 3.31. The molecule has 0 radical (unpaired) electrons. The minimum Gasteiger partial charge on any atom is -0.393 e. The molecule has 1 aliphatic heterocycles. The van der Waals surface area contributed by atoms with Crippen molar-refractivity contribution in [1.29, 1.82) is 0 Å². The van der Waals surface area contributed by atoms with Crippen molar-refractivity contribution >= 4 is 5.96 Å². The normalized spacial score (nSPS) is 28.6. The number of rotatable bonds is 5. The van der Waals surface area contributed by atoms with Gasteiger partial charge in [0.2, 0.25) is 0 Å². The number of aliphatic hydroxyl groups excluding tert-OH is 1. The molecule has 21 heavy (non-hydrogen) atoms. The molecular weight excluding hydrogens is 264 g/mol. The maximum Gasteiger partial charge on any atom is 0.191 e. The van der Waals surface area contributed by atoms with Gasteiger partial charge < -0.3 is 15.7 Å². The third kappa shape index (κ3) is 5.00. The monoisotopic (exact) mass is 294 g/mol. The Kier molecular flexibility index (Phi) is 6.51. The van der Waals surface area contributed by atoms with Crippen LogP contribution in [0.1, 0.15) is 32.1 Å². The molecule has 0 aromatic heterocycles. The first-order valence-corrected chi connectivity index (χ1v) is 8.21. The van der Waals surface area contributed by atoms with E-state index in [-0.39, 0.29) is 6.10 Å². The highest BCUT2D eigenvalue weighted by Crippen LogP contribution is 2.24. The van der Waals surface area contributed by atoms with E-state index >= 15 is 0 Å². The first kappa shape index (κ1) is 16.3. The number of hydrogen-bond donors (Lipinski definition) is 3. The quantitative estimate of drug-likeness (QED) is 0.402. The average molecular weight is 294 g/mol. The lowest BCUT2D eigenvalue weighted by molar-refractivity contribution is 0.134. The fraction of sp³-hybridized carbons (Fsp3) is 0.812. The van der Waals surface area contributed by atoms with Gasteiger partial charge in [-0.3, -0.25) is 9.89 Å². The molecule has 2 fully saturated rings. The van der Waals surface area contributed by atoms with Gasteiger partial charge in [0.05, 0.1) is 6.10 Å². The molecule has 0 bridgehead atoms. The molecule has 120 valence electrons. The molecule has 2 aliphatic rings. The van der Waals surface area contributed by atoms with E-state index in [1.165, 1.54) is 0 Å². The number of nitrogens with one attached hydrogen (secondary N) is 2. The zero-order chi connectivity index (χ0) is 15.1. The third-order valence-electron chi connectivity index (χ3n) is 4.69. The molecule has 1 saturated carbocycles. The number of aliphatic imine (C=N–C) groups is 1. The first-order valence-electron chi connectivity index (χ1n) is 8.21. The number of hydrogen-bond acceptors (Lipinski definition) is 3. The lowest BCUT2D eigenvalue weighted by atomic mass is 10.1. The summed E-state index contributed by atoms with van der Waals surface area (Å²) in [7, 11) is 1.81. The molecule has 2 atom stereocenters. The van der Waals surface area contributed by atoms with Crippen LogP contribution in [0.5, 0.6) is 0 Å². The van der Waals surface area contributed by atoms with Gasteiger partial charge >= 0.3 is 0 Å². The van der Waals surface area contributed by atoms with E-state index in [0.717, 1.165) is 64.2 Å². The Morgan fingerprint density at radius 2 is 2.10 bits per heavy atom. The van der Waals surface area contributed by atoms with Crippen molar-refractivity contribution < 1.29 is 5.11 Å². The number of likely N-dealkylation sites (tertiary alicyclic amines) is 1. The highest BCUT2D eigenvalue weighted by Gasteiger charge is 2.25. The minimum absolute atomic E-state index is 0.141. The van der Waals surface area contributed by atoms with Crippen LogP contribution in [0.3, 0.4) is 0 Å². The van der Waals surface area contributed by atoms with Crippen molar-refractivity contribution in [3.63, 3.8) is 0 Å². The van der Waals surface area contributed by atoms with Crippen LogP contribution in [0.25, 0.3) is 0 Å². The van der Waals surface area contributed by atoms with Crippen molar-refractivity contribution in [1.82, 2.24) is 15.5 Å². The number of guanidine groups is 1. The van der Waals surface area contributed by atoms with Crippen molar-refractivity contribution in [3.8, 4) is 0 Å². The Morgan fingerprint density at radius 3 is 2.67 bits per heavy atom. The standard InChI is InChI=1S/C16H30N4O/c1-3-9-20-10-7-14(8-11-20)19-16(17-2)18-12-13-5-4-6-15(13)21/h3,13-15,21H,1,4-12H2,2H3,(H2,17,18,19). The average Bonchev–Trinajstić information content (AvgIpc) is 2.91. The van der Waals surface area contributed by atoms with Crippen molar-refractivity contribution in [3.05, 3.63) is 12.7 Å². The fourth-order valence-electron chi connectivity index (χ4n) is 3.31. The lowest BCUT2D eigenvalue weighted by Crippen LogP contribution is -2.49. The zero-order valence-electron chi connectivity index (χ0n) is 13.2. The molecule has 0 aromatic rings. The van der Waals surface area contributed by atoms with Gasteiger partial charge in [0, 0.05) is 45.2 Å². The molecule has 0 aromatic carbocycles. The summed E-state index contributed by atoms with van der Waals surface area (Å²) < 4.78 is 0. The third-order valence-corrected chi connectivity index (χ3v) is 4.69. The Balaban J connectivity index is 1.69. The second-order valence-electron chi connectivity index (χ2n) is 6.22. The van der Waals surface area contributed by atoms with Crippen LogP contribution in [0.2, 0.25) is 0 Å². The van der Waals surface area contributed by atoms with Crippen LogP contribution in [-0.2, 0) is 0 Å². The van der Waals surface area contributed by atoms with Gasteiger partial charge in [-0.2, -0.15) is 0 Å². The van der Waals surface area contributed by atoms with Crippen LogP contribution in [0, 0.1) is 5.92 Å². The van der Waals surface area contributed by atoms with E-state index in [2.05, 4.69) is 27.1 Å². The SMILES string of the molecule is C=CCN1CCC(NC(=NC)NCC2CCCC2O)CC1. The van der Waals surface area contributed by atoms with E-state index in [1.54, 1.807) is 0 Å². The van der Waals surface area contributed by atoms with E-state index in [1.807, 2.05) is 13.1 Å². The van der Waals surface area contributed by atoms with Crippen LogP contribution < -0.4 is 10.6 Å². The van der Waals surface area contributed by atoms with Crippen LogP contribution in [0.15, 0.2) is 17.6 Å². The predicted octanol–water partition coefficient (Wildman–Crippen LogP) is 0.963. The summed E-state index contributed by atoms with van der Waals surface area (Å²) in [6.07, 6.45) is 7.31. The van der Waals surface area contributed by atoms with Gasteiger partial charge in [0.15, 0.2) is 5.96 Å². The Bertz CT molecular complexity index is 350. The molecule has 5 nitrogen and oxygen atoms in total. The highest BCUT2D eigenvalue weighted by molar-refractivity contribution is 5.79. The summed E-state index contributed by atoms with van der Waals surface area (Å²) in [5.74, 6) is 1.24. The van der Waals surface area contributed by atoms with E-state index < -0.39 is 0 Å². The molecule has 1 saturated heterocycles. The van der Waals surface area contributed by atoms with E-state index in [9.17, 15) is 5.11 Å². The van der Waals surface area contributed by atoms with Crippen LogP contribution >= 0.6 is 0 Å². The maximum absolute atomic E-state index is 9.86. The van der Waals surface area contributed by atoms with Crippen LogP contribution in [-0.4, -0.2) is 61.3 Å². The van der Waals surface area contributed by atoms with Gasteiger partial charge in [-0.15, -0.1) is 6.58 Å². The van der Waals surface area contributed by atoms with Crippen molar-refractivity contribution in [2.24, 2.45) is 10.9 Å². The molecule has 2 unspecified atom stereocenters. The van der Waals surface area contributed by atoms with Gasteiger partial charge in [-0.1, -0.05) is 12.5 Å². The van der Waals surface area contributed by atoms with Crippen molar-refractivity contribution in [2.45, 2.75) is 44.2 Å². The second kappa shape index (κ2) is 8.39. The summed E-state index contributed by atoms with van der Waals surface area (Å²) in [4.78, 5) is 6.73. The molecular formula is C16H30N4O. The topological polar surface area (TPSA) is 59.9 Å². The molecule has 0 spiro atoms. The Hall–Kier alpha value is -1.07. The second-order valence-corrected chi connectivity index (χ2v) is 6.22. The van der Waals surface area contributed by atoms with Crippen LogP contribution in [0.4, 0.5) is 0 Å². The summed E-state index contributed by atoms with van der Waals surface area (Å²) >= 11 is 0. The lowest BCUT2D eigenvalue weighted by Gasteiger charge is -2.32. The summed E-state index contributed by atoms with van der Waals surface area (Å²) in [6, 6.07) is 0.491. The largest absolute Gasteiger partial charge is 0.393 e. The van der Waals surface area contributed by atoms with Gasteiger partial charge in [-0.05, 0) is 25.7 Å². The van der Waals surface area contributed by atoms with E-state index in [4.69, 9.17) is 0 Å². The van der Waals surface area contributed by atoms with E-state index in [0.29, 0.717) is 12.0 Å². The summed E-state index contributed by atoms with van der Waals surface area (Å²) in [5.41, 5.74) is 0. The maximum atomic E-state index is 9.86. The first-order chi connectivity index (χ1) is 10.2. The van der Waals surface area contributed by atoms with Crippen molar-refractivity contribution in [2.75, 3.05) is 33.2 Å².